The van der Waals surface area contributed by atoms with Crippen LogP contribution in [0.5, 0.6) is 0 Å². The van der Waals surface area contributed by atoms with Crippen molar-refractivity contribution in [1.29, 1.82) is 0 Å². The van der Waals surface area contributed by atoms with E-state index in [1.807, 2.05) is 0 Å². The first kappa shape index (κ1) is 49.2. The van der Waals surface area contributed by atoms with Gasteiger partial charge in [0, 0.05) is 19.4 Å². The molecular weight excluding hydrogens is 665 g/mol. The van der Waals surface area contributed by atoms with Crippen LogP contribution in [0.1, 0.15) is 181 Å². The number of rotatable bonds is 38. The highest BCUT2D eigenvalue weighted by Gasteiger charge is 2.23. The molecule has 0 rings (SSSR count). The smallest absolute Gasteiger partial charge is 0.463 e. The molecule has 0 spiro atoms. The molecule has 0 heterocycles. The molecule has 0 radical (unpaired) electrons. The Hall–Kier alpha value is -1.77. The Morgan fingerprint density at radius 2 is 1.06 bits per heavy atom. The highest BCUT2D eigenvalue weighted by molar-refractivity contribution is 7.47. The number of aliphatic hydroxyl groups excluding tert-OH is 1. The van der Waals surface area contributed by atoms with Crippen LogP contribution in [0.4, 0.5) is 0 Å². The summed E-state index contributed by atoms with van der Waals surface area (Å²) in [5.41, 5.74) is 0. The molecule has 0 bridgehead atoms. The number of aliphatic hydroxyl groups is 1. The number of nitrogens with one attached hydrogen (secondary N) is 1. The number of phosphoric acid groups is 1. The van der Waals surface area contributed by atoms with Crippen LogP contribution in [0.15, 0.2) is 36.5 Å². The molecule has 0 aromatic carbocycles. The van der Waals surface area contributed by atoms with Gasteiger partial charge in [-0.2, -0.15) is 0 Å². The third kappa shape index (κ3) is 39.3. The van der Waals surface area contributed by atoms with Gasteiger partial charge in [0.05, 0.1) is 13.2 Å². The van der Waals surface area contributed by atoms with E-state index in [1.165, 1.54) is 89.9 Å². The van der Waals surface area contributed by atoms with Gasteiger partial charge in [-0.15, -0.1) is 0 Å². The standard InChI is InChI=1S/C41H76NO8P/c1-3-5-7-9-11-13-15-16-17-18-19-20-21-22-24-25-27-29-31-33-40(44)42-35-36-49-51(46,47)50-38-39(43)37-48-41(45)34-32-30-28-26-23-14-12-10-8-6-4-2/h11,13,16-17,19-20,39,43H,3-10,12,14-15,18,21-38H2,1-2H3,(H,42,44)(H,46,47)/b13-11-,17-16-,20-19-. The molecule has 0 aromatic heterocycles. The zero-order chi connectivity index (χ0) is 37.5. The van der Waals surface area contributed by atoms with Gasteiger partial charge in [-0.05, 0) is 51.4 Å². The number of hydrogen-bond donors (Lipinski definition) is 3. The van der Waals surface area contributed by atoms with Gasteiger partial charge in [0.15, 0.2) is 0 Å². The molecule has 0 aliphatic carbocycles. The van der Waals surface area contributed by atoms with Crippen LogP contribution in [0.3, 0.4) is 0 Å². The Labute approximate surface area is 312 Å². The van der Waals surface area contributed by atoms with Gasteiger partial charge in [-0.1, -0.05) is 153 Å². The summed E-state index contributed by atoms with van der Waals surface area (Å²) in [6, 6.07) is 0. The Kier molecular flexibility index (Phi) is 36.7. The first-order valence-corrected chi connectivity index (χ1v) is 22.0. The highest BCUT2D eigenvalue weighted by Crippen LogP contribution is 2.42. The molecule has 51 heavy (non-hydrogen) atoms. The Balaban J connectivity index is 3.63. The average molecular weight is 742 g/mol. The largest absolute Gasteiger partial charge is 0.472 e. The molecule has 2 atom stereocenters. The van der Waals surface area contributed by atoms with Gasteiger partial charge >= 0.3 is 13.8 Å². The molecule has 298 valence electrons. The molecule has 0 aromatic rings. The fourth-order valence-electron chi connectivity index (χ4n) is 5.45. The van der Waals surface area contributed by atoms with E-state index in [0.29, 0.717) is 6.42 Å². The summed E-state index contributed by atoms with van der Waals surface area (Å²) in [4.78, 5) is 33.8. The van der Waals surface area contributed by atoms with Crippen molar-refractivity contribution in [3.05, 3.63) is 36.5 Å². The van der Waals surface area contributed by atoms with Crippen molar-refractivity contribution in [3.8, 4) is 0 Å². The molecule has 2 unspecified atom stereocenters. The van der Waals surface area contributed by atoms with Crippen molar-refractivity contribution in [2.75, 3.05) is 26.4 Å². The van der Waals surface area contributed by atoms with E-state index in [0.717, 1.165) is 64.2 Å². The number of hydrogen-bond acceptors (Lipinski definition) is 7. The maximum Gasteiger partial charge on any atom is 0.472 e. The summed E-state index contributed by atoms with van der Waals surface area (Å²) in [5.74, 6) is -0.529. The lowest BCUT2D eigenvalue weighted by molar-refractivity contribution is -0.147. The lowest BCUT2D eigenvalue weighted by Crippen LogP contribution is -2.27. The predicted octanol–water partition coefficient (Wildman–Crippen LogP) is 11.0. The Morgan fingerprint density at radius 1 is 0.608 bits per heavy atom. The second-order valence-corrected chi connectivity index (χ2v) is 15.1. The summed E-state index contributed by atoms with van der Waals surface area (Å²) in [7, 11) is -4.41. The van der Waals surface area contributed by atoms with Crippen LogP contribution in [0.2, 0.25) is 0 Å². The molecule has 9 nitrogen and oxygen atoms in total. The highest BCUT2D eigenvalue weighted by atomic mass is 31.2. The summed E-state index contributed by atoms with van der Waals surface area (Å²) >= 11 is 0. The van der Waals surface area contributed by atoms with Crippen LogP contribution in [0.25, 0.3) is 0 Å². The van der Waals surface area contributed by atoms with Gasteiger partial charge in [0.2, 0.25) is 5.91 Å². The number of amides is 1. The molecule has 0 saturated heterocycles. The van der Waals surface area contributed by atoms with E-state index in [2.05, 4.69) is 55.6 Å². The van der Waals surface area contributed by atoms with Crippen LogP contribution >= 0.6 is 7.82 Å². The van der Waals surface area contributed by atoms with Crippen molar-refractivity contribution < 1.29 is 37.9 Å². The zero-order valence-electron chi connectivity index (χ0n) is 32.5. The van der Waals surface area contributed by atoms with Crippen molar-refractivity contribution in [1.82, 2.24) is 5.32 Å². The Morgan fingerprint density at radius 3 is 1.63 bits per heavy atom. The van der Waals surface area contributed by atoms with Gasteiger partial charge < -0.3 is 20.1 Å². The summed E-state index contributed by atoms with van der Waals surface area (Å²) < 4.78 is 26.8. The lowest BCUT2D eigenvalue weighted by atomic mass is 10.1. The average Bonchev–Trinajstić information content (AvgIpc) is 3.11. The van der Waals surface area contributed by atoms with Crippen molar-refractivity contribution in [2.45, 2.75) is 187 Å². The minimum absolute atomic E-state index is 0.0748. The maximum absolute atomic E-state index is 12.1. The number of unbranched alkanes of at least 4 members (excludes halogenated alkanes) is 19. The molecule has 0 fully saturated rings. The minimum atomic E-state index is -4.41. The number of phosphoric ester groups is 1. The molecule has 1 amide bonds. The lowest BCUT2D eigenvalue weighted by Gasteiger charge is -2.15. The molecule has 0 saturated carbocycles. The third-order valence-electron chi connectivity index (χ3n) is 8.57. The Bertz CT molecular complexity index is 939. The third-order valence-corrected chi connectivity index (χ3v) is 9.56. The van der Waals surface area contributed by atoms with Gasteiger partial charge in [0.25, 0.3) is 0 Å². The summed E-state index contributed by atoms with van der Waals surface area (Å²) in [6.45, 7) is 3.49. The number of allylic oxidation sites excluding steroid dienone is 6. The minimum Gasteiger partial charge on any atom is -0.463 e. The van der Waals surface area contributed by atoms with Crippen LogP contribution in [-0.2, 0) is 27.9 Å². The van der Waals surface area contributed by atoms with E-state index < -0.39 is 26.5 Å². The maximum atomic E-state index is 12.1. The van der Waals surface area contributed by atoms with Crippen molar-refractivity contribution in [3.63, 3.8) is 0 Å². The topological polar surface area (TPSA) is 131 Å². The zero-order valence-corrected chi connectivity index (χ0v) is 33.4. The second-order valence-electron chi connectivity index (χ2n) is 13.6. The molecular formula is C41H76NO8P. The molecule has 0 aliphatic rings. The van der Waals surface area contributed by atoms with E-state index in [1.54, 1.807) is 0 Å². The molecule has 10 heteroatoms. The van der Waals surface area contributed by atoms with Crippen LogP contribution in [0, 0.1) is 0 Å². The van der Waals surface area contributed by atoms with Crippen LogP contribution in [-0.4, -0.2) is 54.3 Å². The predicted molar refractivity (Wildman–Crippen MR) is 211 cm³/mol. The number of carbonyl (C=O) groups is 2. The number of carbonyl (C=O) groups excluding carboxylic acids is 2. The summed E-state index contributed by atoms with van der Waals surface area (Å²) in [5, 5.41) is 12.6. The van der Waals surface area contributed by atoms with Crippen LogP contribution < -0.4 is 5.32 Å². The molecule has 3 N–H and O–H groups in total. The van der Waals surface area contributed by atoms with Crippen molar-refractivity contribution >= 4 is 19.7 Å². The summed E-state index contributed by atoms with van der Waals surface area (Å²) in [6.07, 6.45) is 40.7. The van der Waals surface area contributed by atoms with E-state index in [-0.39, 0.29) is 32.1 Å². The SMILES string of the molecule is CCCCC/C=C\C/C=C\C/C=C\CCCCCCCCC(=O)NCCOP(=O)(O)OCC(O)COC(=O)CCCCCCCCCCCCC. The number of ether oxygens (including phenoxy) is 1. The van der Waals surface area contributed by atoms with Gasteiger partial charge in [-0.25, -0.2) is 4.57 Å². The van der Waals surface area contributed by atoms with E-state index in [9.17, 15) is 24.2 Å². The van der Waals surface area contributed by atoms with E-state index in [4.69, 9.17) is 13.8 Å². The van der Waals surface area contributed by atoms with Crippen molar-refractivity contribution in [2.24, 2.45) is 0 Å². The van der Waals surface area contributed by atoms with Gasteiger partial charge in [0.1, 0.15) is 12.7 Å². The molecule has 0 aliphatic heterocycles. The number of esters is 1. The fourth-order valence-corrected chi connectivity index (χ4v) is 6.20. The fraction of sp³-hybridized carbons (Fsp3) is 0.805. The van der Waals surface area contributed by atoms with Gasteiger partial charge in [-0.3, -0.25) is 18.6 Å². The monoisotopic (exact) mass is 742 g/mol. The van der Waals surface area contributed by atoms with E-state index >= 15 is 0 Å². The second kappa shape index (κ2) is 38.0. The first-order chi connectivity index (χ1) is 24.8. The quantitative estimate of drug-likeness (QED) is 0.0247. The first-order valence-electron chi connectivity index (χ1n) is 20.5. The normalized spacial score (nSPS) is 13.7.